The first-order chi connectivity index (χ1) is 16.0. The molecule has 0 radical (unpaired) electrons. The molecular weight excluding hydrogens is 453 g/mol. The van der Waals surface area contributed by atoms with E-state index < -0.39 is 30.3 Å². The number of amides is 3. The third kappa shape index (κ3) is 4.80. The third-order valence-electron chi connectivity index (χ3n) is 5.82. The van der Waals surface area contributed by atoms with Crippen molar-refractivity contribution in [3.63, 3.8) is 0 Å². The number of hydrogen-bond acceptors (Lipinski definition) is 6. The molecule has 2 aliphatic heterocycles. The molecule has 2 N–H and O–H groups in total. The van der Waals surface area contributed by atoms with Gasteiger partial charge in [0.2, 0.25) is 5.91 Å². The van der Waals surface area contributed by atoms with Crippen LogP contribution in [-0.2, 0) is 4.79 Å². The monoisotopic (exact) mass is 476 g/mol. The smallest absolute Gasteiger partial charge is 0.366 e. The van der Waals surface area contributed by atoms with Gasteiger partial charge in [-0.15, -0.1) is 0 Å². The Morgan fingerprint density at radius 2 is 1.97 bits per heavy atom. The molecule has 0 saturated carbocycles. The number of fused-ring (bicyclic) bond motifs is 4. The summed E-state index contributed by atoms with van der Waals surface area (Å²) < 4.78 is 38.7. The number of nitrogens with one attached hydrogen (secondary N) is 2. The number of nitrogens with zero attached hydrogens (tertiary/aromatic N) is 4. The number of hydrogen-bond donors (Lipinski definition) is 2. The fourth-order valence-corrected chi connectivity index (χ4v) is 4.07. The molecule has 2 atom stereocenters. The van der Waals surface area contributed by atoms with Crippen molar-refractivity contribution in [3.8, 4) is 0 Å². The molecule has 2 aromatic heterocycles. The van der Waals surface area contributed by atoms with Crippen molar-refractivity contribution in [2.24, 2.45) is 5.92 Å². The van der Waals surface area contributed by atoms with Gasteiger partial charge in [0.25, 0.3) is 0 Å². The van der Waals surface area contributed by atoms with Crippen LogP contribution in [0.25, 0.3) is 0 Å². The summed E-state index contributed by atoms with van der Waals surface area (Å²) in [6.07, 6.45) is -3.12. The van der Waals surface area contributed by atoms with Crippen molar-refractivity contribution >= 4 is 40.7 Å². The van der Waals surface area contributed by atoms with Crippen molar-refractivity contribution in [3.05, 3.63) is 36.2 Å². The average molecular weight is 476 g/mol. The number of alkyl halides is 3. The van der Waals surface area contributed by atoms with Gasteiger partial charge in [0.05, 0.1) is 17.6 Å². The number of anilines is 4. The lowest BCUT2D eigenvalue weighted by atomic mass is 10.0. The normalized spacial score (nSPS) is 17.7. The highest BCUT2D eigenvalue weighted by atomic mass is 19.4. The fourth-order valence-electron chi connectivity index (χ4n) is 4.07. The number of urea groups is 1. The largest absolute Gasteiger partial charge is 0.391 e. The van der Waals surface area contributed by atoms with Crippen LogP contribution in [-0.4, -0.2) is 53.0 Å². The van der Waals surface area contributed by atoms with E-state index in [1.165, 1.54) is 30.2 Å². The molecule has 0 aliphatic carbocycles. The summed E-state index contributed by atoms with van der Waals surface area (Å²) in [5.41, 5.74) is 0.957. The van der Waals surface area contributed by atoms with E-state index in [-0.39, 0.29) is 29.3 Å². The lowest BCUT2D eigenvalue weighted by Gasteiger charge is -2.35. The zero-order chi connectivity index (χ0) is 24.6. The number of rotatable bonds is 5. The Labute approximate surface area is 193 Å². The van der Waals surface area contributed by atoms with E-state index in [2.05, 4.69) is 20.6 Å². The summed E-state index contributed by atoms with van der Waals surface area (Å²) in [6.45, 7) is 3.55. The van der Waals surface area contributed by atoms with Crippen LogP contribution in [0.3, 0.4) is 0 Å². The van der Waals surface area contributed by atoms with Crippen molar-refractivity contribution in [2.45, 2.75) is 38.9 Å². The lowest BCUT2D eigenvalue weighted by Crippen LogP contribution is -2.48. The number of Topliss-reactive ketones (excluding diaryl/α,β-unsaturated/α-hetero) is 1. The topological polar surface area (TPSA) is 108 Å². The Kier molecular flexibility index (Phi) is 6.15. The summed E-state index contributed by atoms with van der Waals surface area (Å²) in [4.78, 5) is 48.9. The first-order valence-corrected chi connectivity index (χ1v) is 10.7. The number of pyridine rings is 2. The number of aromatic nitrogens is 2. The summed E-state index contributed by atoms with van der Waals surface area (Å²) in [5.74, 6) is -2.41. The van der Waals surface area contributed by atoms with Crippen molar-refractivity contribution in [2.75, 3.05) is 33.5 Å². The molecule has 9 nitrogen and oxygen atoms in total. The molecule has 180 valence electrons. The minimum Gasteiger partial charge on any atom is -0.366 e. The zero-order valence-electron chi connectivity index (χ0n) is 18.5. The summed E-state index contributed by atoms with van der Waals surface area (Å²) in [6, 6.07) is 5.32. The highest BCUT2D eigenvalue weighted by Gasteiger charge is 2.41. The molecule has 2 aromatic rings. The Hall–Kier alpha value is -3.70. The van der Waals surface area contributed by atoms with E-state index >= 15 is 0 Å². The van der Waals surface area contributed by atoms with E-state index in [1.807, 2.05) is 4.90 Å². The molecule has 0 aromatic carbocycles. The van der Waals surface area contributed by atoms with Crippen LogP contribution < -0.4 is 20.4 Å². The molecular formula is C22H23F3N6O3. The minimum atomic E-state index is -4.49. The molecule has 1 saturated heterocycles. The van der Waals surface area contributed by atoms with Crippen LogP contribution in [0.4, 0.5) is 41.0 Å². The lowest BCUT2D eigenvalue weighted by molar-refractivity contribution is -0.168. The molecule has 12 heteroatoms. The van der Waals surface area contributed by atoms with Crippen LogP contribution in [0.2, 0.25) is 0 Å². The van der Waals surface area contributed by atoms with Crippen LogP contribution in [0.5, 0.6) is 0 Å². The van der Waals surface area contributed by atoms with Crippen LogP contribution >= 0.6 is 0 Å². The van der Waals surface area contributed by atoms with Gasteiger partial charge in [0.15, 0.2) is 11.6 Å². The molecule has 34 heavy (non-hydrogen) atoms. The van der Waals surface area contributed by atoms with Crippen LogP contribution in [0.1, 0.15) is 37.2 Å². The van der Waals surface area contributed by atoms with Crippen LogP contribution in [0.15, 0.2) is 30.5 Å². The second-order valence-electron chi connectivity index (χ2n) is 8.41. The Balaban J connectivity index is 1.60. The van der Waals surface area contributed by atoms with Gasteiger partial charge in [-0.1, -0.05) is 6.92 Å². The maximum absolute atomic E-state index is 13.2. The molecule has 2 aliphatic rings. The maximum atomic E-state index is 13.2. The summed E-state index contributed by atoms with van der Waals surface area (Å²) in [7, 11) is 0. The van der Waals surface area contributed by atoms with Gasteiger partial charge in [0.1, 0.15) is 11.5 Å². The third-order valence-corrected chi connectivity index (χ3v) is 5.82. The van der Waals surface area contributed by atoms with Crippen molar-refractivity contribution < 1.29 is 27.6 Å². The van der Waals surface area contributed by atoms with E-state index in [4.69, 9.17) is 0 Å². The fraction of sp³-hybridized carbons (Fsp3) is 0.409. The van der Waals surface area contributed by atoms with E-state index in [1.54, 1.807) is 12.1 Å². The zero-order valence-corrected chi connectivity index (χ0v) is 18.5. The number of carbonyl (C=O) groups excluding carboxylic acids is 3. The Bertz CT molecular complexity index is 1140. The molecule has 0 unspecified atom stereocenters. The predicted molar refractivity (Wildman–Crippen MR) is 119 cm³/mol. The van der Waals surface area contributed by atoms with E-state index in [0.717, 1.165) is 6.92 Å². The van der Waals surface area contributed by atoms with Gasteiger partial charge >= 0.3 is 12.2 Å². The molecule has 3 amide bonds. The summed E-state index contributed by atoms with van der Waals surface area (Å²) in [5, 5.41) is 5.29. The quantitative estimate of drug-likeness (QED) is 0.635. The maximum Gasteiger partial charge on any atom is 0.391 e. The molecule has 2 bridgehead atoms. The molecule has 1 fully saturated rings. The van der Waals surface area contributed by atoms with Gasteiger partial charge in [-0.3, -0.25) is 19.8 Å². The van der Waals surface area contributed by atoms with Crippen LogP contribution in [0, 0.1) is 5.92 Å². The van der Waals surface area contributed by atoms with Gasteiger partial charge < -0.3 is 10.2 Å². The molecule has 4 rings (SSSR count). The second-order valence-corrected chi connectivity index (χ2v) is 8.41. The van der Waals surface area contributed by atoms with Gasteiger partial charge in [-0.25, -0.2) is 14.8 Å². The average Bonchev–Trinajstić information content (AvgIpc) is 3.16. The highest BCUT2D eigenvalue weighted by Crippen LogP contribution is 2.39. The minimum absolute atomic E-state index is 0.124. The Morgan fingerprint density at radius 3 is 2.68 bits per heavy atom. The number of ketones is 1. The molecule has 0 spiro atoms. The van der Waals surface area contributed by atoms with E-state index in [0.29, 0.717) is 30.9 Å². The SMILES string of the molecule is CC(=O)Nc1ccnc(NC(=O)N2c3nc(C(=O)C[C@H](C)C(F)(F)F)ccc3N3CC[C@H]2C3)c1. The Morgan fingerprint density at radius 1 is 1.21 bits per heavy atom. The first-order valence-electron chi connectivity index (χ1n) is 10.7. The first kappa shape index (κ1) is 23.5. The number of carbonyl (C=O) groups is 3. The standard InChI is InChI=1S/C22H23F3N6O3/c1-12(22(23,24)25)9-18(33)16-3-4-17-20(28-16)31(15-6-8-30(17)11-15)21(34)29-19-10-14(5-7-26-19)27-13(2)32/h3-5,7,10,12,15H,6,8-9,11H2,1-2H3,(H2,26,27,29,32,34)/t12-,15-/m0/s1. The van der Waals surface area contributed by atoms with Gasteiger partial charge in [0, 0.05) is 44.4 Å². The van der Waals surface area contributed by atoms with Gasteiger partial charge in [-0.2, -0.15) is 13.2 Å². The van der Waals surface area contributed by atoms with Gasteiger partial charge in [-0.05, 0) is 24.6 Å². The predicted octanol–water partition coefficient (Wildman–Crippen LogP) is 3.84. The van der Waals surface area contributed by atoms with Crippen molar-refractivity contribution in [1.82, 2.24) is 9.97 Å². The number of halogens is 3. The second kappa shape index (κ2) is 8.92. The van der Waals surface area contributed by atoms with Crippen molar-refractivity contribution in [1.29, 1.82) is 0 Å². The molecule has 4 heterocycles. The summed E-state index contributed by atoms with van der Waals surface area (Å²) >= 11 is 0. The van der Waals surface area contributed by atoms with E-state index in [9.17, 15) is 27.6 Å². The highest BCUT2D eigenvalue weighted by molar-refractivity contribution is 6.05.